The summed E-state index contributed by atoms with van der Waals surface area (Å²) >= 11 is 0. The van der Waals surface area contributed by atoms with Gasteiger partial charge in [0.2, 0.25) is 5.91 Å². The summed E-state index contributed by atoms with van der Waals surface area (Å²) in [4.78, 5) is 49.6. The molecule has 1 aliphatic rings. The minimum atomic E-state index is -1.93. The smallest absolute Gasteiger partial charge is 0.404 e. The molecule has 2 aromatic carbocycles. The van der Waals surface area contributed by atoms with Crippen LogP contribution in [0.3, 0.4) is 0 Å². The van der Waals surface area contributed by atoms with Gasteiger partial charge in [0, 0.05) is 18.7 Å². The molecular formula is C29H39N3O7Si. The van der Waals surface area contributed by atoms with E-state index < -0.39 is 20.5 Å². The van der Waals surface area contributed by atoms with Crippen LogP contribution in [0, 0.1) is 0 Å². The third kappa shape index (κ3) is 9.80. The molecule has 2 aromatic rings. The molecule has 3 N–H and O–H groups in total. The molecule has 1 unspecified atom stereocenters. The van der Waals surface area contributed by atoms with Gasteiger partial charge in [0.1, 0.15) is 11.9 Å². The number of unbranched alkanes of at least 4 members (excludes halogenated alkanes) is 1. The predicted molar refractivity (Wildman–Crippen MR) is 153 cm³/mol. The average Bonchev–Trinajstić information content (AvgIpc) is 3.29. The lowest BCUT2D eigenvalue weighted by atomic mass is 10.1. The molecule has 0 saturated carbocycles. The first-order valence-corrected chi connectivity index (χ1v) is 16.7. The fourth-order valence-electron chi connectivity index (χ4n) is 4.35. The Morgan fingerprint density at radius 1 is 1.00 bits per heavy atom. The number of carbonyl (C=O) groups is 4. The second-order valence-corrected chi connectivity index (χ2v) is 14.7. The minimum Gasteiger partial charge on any atom is -0.493 e. The van der Waals surface area contributed by atoms with Gasteiger partial charge in [-0.25, -0.2) is 4.79 Å². The van der Waals surface area contributed by atoms with Crippen LogP contribution in [0.2, 0.25) is 19.1 Å². The summed E-state index contributed by atoms with van der Waals surface area (Å²) in [5.41, 5.74) is 2.11. The molecule has 11 heteroatoms. The Hall–Kier alpha value is -3.70. The van der Waals surface area contributed by atoms with Crippen LogP contribution in [-0.2, 0) is 27.1 Å². The average molecular weight is 570 g/mol. The first-order valence-electron chi connectivity index (χ1n) is 13.6. The maximum atomic E-state index is 12.6. The van der Waals surface area contributed by atoms with Crippen molar-refractivity contribution in [2.24, 2.45) is 0 Å². The lowest BCUT2D eigenvalue weighted by molar-refractivity contribution is -0.132. The molecule has 1 saturated heterocycles. The number of carbonyl (C=O) groups excluding carboxylic acids is 3. The number of hydrogen-bond donors (Lipinski definition) is 3. The summed E-state index contributed by atoms with van der Waals surface area (Å²) in [7, 11) is -1.93. The summed E-state index contributed by atoms with van der Waals surface area (Å²) in [5.74, 6) is 0.212. The first kappa shape index (κ1) is 30.8. The number of rotatable bonds is 14. The van der Waals surface area contributed by atoms with Gasteiger partial charge in [-0.1, -0.05) is 44.0 Å². The van der Waals surface area contributed by atoms with E-state index in [1.165, 1.54) is 0 Å². The Kier molecular flexibility index (Phi) is 11.3. The number of likely N-dealkylation sites (tertiary alicyclic amines) is 1. The maximum Gasteiger partial charge on any atom is 0.404 e. The van der Waals surface area contributed by atoms with Crippen LogP contribution in [0.25, 0.3) is 0 Å². The van der Waals surface area contributed by atoms with Crippen LogP contribution < -0.4 is 15.4 Å². The van der Waals surface area contributed by atoms with Crippen molar-refractivity contribution in [2.45, 2.75) is 64.5 Å². The van der Waals surface area contributed by atoms with Gasteiger partial charge in [-0.3, -0.25) is 14.4 Å². The second kappa shape index (κ2) is 14.6. The standard InChI is InChI=1S/C29H39N3O7Si/c1-4-5-16-40(2,3)39-26-20-32(19-25(26)33)27(34)14-15-38-24-12-8-22(9-13-24)17-30-28(35)23-10-6-21(7-11-23)18-31-29(36)37/h6-13,26,31H,4-5,14-20H2,1-3H3,(H,30,35)(H,36,37). The summed E-state index contributed by atoms with van der Waals surface area (Å²) < 4.78 is 11.9. The molecule has 3 amide bonds. The van der Waals surface area contributed by atoms with Crippen molar-refractivity contribution in [3.05, 3.63) is 65.2 Å². The summed E-state index contributed by atoms with van der Waals surface area (Å²) in [6, 6.07) is 14.9. The van der Waals surface area contributed by atoms with Crippen LogP contribution in [-0.4, -0.2) is 67.8 Å². The lowest BCUT2D eigenvalue weighted by Gasteiger charge is -2.26. The van der Waals surface area contributed by atoms with Crippen LogP contribution >= 0.6 is 0 Å². The van der Waals surface area contributed by atoms with E-state index in [9.17, 15) is 19.2 Å². The molecule has 0 spiro atoms. The molecule has 1 fully saturated rings. The van der Waals surface area contributed by atoms with Gasteiger partial charge in [-0.2, -0.15) is 0 Å². The van der Waals surface area contributed by atoms with Crippen molar-refractivity contribution in [3.8, 4) is 5.75 Å². The maximum absolute atomic E-state index is 12.6. The molecule has 3 rings (SSSR count). The number of hydrogen-bond acceptors (Lipinski definition) is 6. The summed E-state index contributed by atoms with van der Waals surface area (Å²) in [5, 5.41) is 13.8. The zero-order chi connectivity index (χ0) is 29.1. The molecule has 0 aliphatic carbocycles. The van der Waals surface area contributed by atoms with E-state index in [2.05, 4.69) is 30.7 Å². The lowest BCUT2D eigenvalue weighted by Crippen LogP contribution is -2.39. The number of nitrogens with zero attached hydrogens (tertiary/aromatic N) is 1. The van der Waals surface area contributed by atoms with Gasteiger partial charge in [-0.15, -0.1) is 0 Å². The van der Waals surface area contributed by atoms with Gasteiger partial charge in [-0.05, 0) is 54.5 Å². The molecule has 10 nitrogen and oxygen atoms in total. The van der Waals surface area contributed by atoms with E-state index >= 15 is 0 Å². The van der Waals surface area contributed by atoms with Crippen molar-refractivity contribution in [3.63, 3.8) is 0 Å². The number of amides is 3. The Balaban J connectivity index is 1.38. The number of ether oxygens (including phenoxy) is 1. The van der Waals surface area contributed by atoms with Crippen molar-refractivity contribution >= 4 is 32.0 Å². The number of benzene rings is 2. The van der Waals surface area contributed by atoms with Crippen molar-refractivity contribution < 1.29 is 33.4 Å². The molecule has 1 heterocycles. The van der Waals surface area contributed by atoms with Crippen LogP contribution in [0.5, 0.6) is 5.75 Å². The molecule has 0 bridgehead atoms. The monoisotopic (exact) mass is 569 g/mol. The van der Waals surface area contributed by atoms with Crippen molar-refractivity contribution in [1.82, 2.24) is 15.5 Å². The van der Waals surface area contributed by atoms with Gasteiger partial charge >= 0.3 is 6.09 Å². The largest absolute Gasteiger partial charge is 0.493 e. The van der Waals surface area contributed by atoms with Crippen molar-refractivity contribution in [2.75, 3.05) is 19.7 Å². The van der Waals surface area contributed by atoms with Gasteiger partial charge < -0.3 is 29.8 Å². The normalized spacial score (nSPS) is 15.1. The fourth-order valence-corrected chi connectivity index (χ4v) is 6.65. The molecule has 0 radical (unpaired) electrons. The molecule has 216 valence electrons. The minimum absolute atomic E-state index is 0.0286. The van der Waals surface area contributed by atoms with Gasteiger partial charge in [0.15, 0.2) is 14.1 Å². The zero-order valence-corrected chi connectivity index (χ0v) is 24.4. The zero-order valence-electron chi connectivity index (χ0n) is 23.4. The van der Waals surface area contributed by atoms with E-state index in [0.717, 1.165) is 30.0 Å². The number of ketones is 1. The number of carboxylic acid groups (broad SMARTS) is 1. The highest BCUT2D eigenvalue weighted by Crippen LogP contribution is 2.21. The quantitative estimate of drug-likeness (QED) is 0.293. The van der Waals surface area contributed by atoms with E-state index in [1.54, 1.807) is 41.3 Å². The van der Waals surface area contributed by atoms with E-state index in [1.807, 2.05) is 12.1 Å². The molecule has 40 heavy (non-hydrogen) atoms. The Morgan fingerprint density at radius 2 is 1.62 bits per heavy atom. The molecule has 0 aromatic heterocycles. The Bertz CT molecular complexity index is 1170. The third-order valence-corrected chi connectivity index (χ3v) is 9.14. The van der Waals surface area contributed by atoms with Gasteiger partial charge in [0.05, 0.1) is 26.1 Å². The molecule has 1 aliphatic heterocycles. The van der Waals surface area contributed by atoms with E-state index in [0.29, 0.717) is 24.4 Å². The molecular weight excluding hydrogens is 530 g/mol. The second-order valence-electron chi connectivity index (χ2n) is 10.5. The Morgan fingerprint density at radius 3 is 2.25 bits per heavy atom. The highest BCUT2D eigenvalue weighted by Gasteiger charge is 2.38. The Labute approximate surface area is 236 Å². The van der Waals surface area contributed by atoms with Crippen molar-refractivity contribution in [1.29, 1.82) is 0 Å². The fraction of sp³-hybridized carbons (Fsp3) is 0.448. The highest BCUT2D eigenvalue weighted by molar-refractivity contribution is 6.71. The third-order valence-electron chi connectivity index (χ3n) is 6.66. The summed E-state index contributed by atoms with van der Waals surface area (Å²) in [6.07, 6.45) is 0.724. The van der Waals surface area contributed by atoms with Crippen LogP contribution in [0.4, 0.5) is 4.79 Å². The van der Waals surface area contributed by atoms with Crippen LogP contribution in [0.15, 0.2) is 48.5 Å². The highest BCUT2D eigenvalue weighted by atomic mass is 28.4. The number of Topliss-reactive ketones (excluding diaryl/α,β-unsaturated/α-hetero) is 1. The van der Waals surface area contributed by atoms with Crippen LogP contribution in [0.1, 0.15) is 47.7 Å². The van der Waals surface area contributed by atoms with E-state index in [-0.39, 0.29) is 43.7 Å². The summed E-state index contributed by atoms with van der Waals surface area (Å²) in [6.45, 7) is 7.48. The topological polar surface area (TPSA) is 134 Å². The van der Waals surface area contributed by atoms with Gasteiger partial charge in [0.25, 0.3) is 5.91 Å². The molecule has 1 atom stereocenters. The van der Waals surface area contributed by atoms with E-state index in [4.69, 9.17) is 14.3 Å². The number of nitrogens with one attached hydrogen (secondary N) is 2. The SMILES string of the molecule is CCCC[Si](C)(C)OC1CN(C(=O)CCOc2ccc(CNC(=O)c3ccc(CNC(=O)O)cc3)cc2)CC1=O. The first-order chi connectivity index (χ1) is 19.1. The predicted octanol–water partition coefficient (Wildman–Crippen LogP) is 3.95.